The molecule has 108 valence electrons. The van der Waals surface area contributed by atoms with Crippen LogP contribution in [0.5, 0.6) is 0 Å². The van der Waals surface area contributed by atoms with Gasteiger partial charge in [-0.05, 0) is 12.8 Å². The molecule has 1 aliphatic heterocycles. The van der Waals surface area contributed by atoms with E-state index in [2.05, 4.69) is 16.9 Å². The van der Waals surface area contributed by atoms with Crippen molar-refractivity contribution in [1.29, 1.82) is 0 Å². The first-order valence-electron chi connectivity index (χ1n) is 6.29. The van der Waals surface area contributed by atoms with Crippen LogP contribution in [0.4, 0.5) is 4.79 Å². The molecule has 0 aromatic carbocycles. The van der Waals surface area contributed by atoms with E-state index < -0.39 is 12.1 Å². The Kier molecular flexibility index (Phi) is 4.34. The lowest BCUT2D eigenvalue weighted by Gasteiger charge is -2.32. The van der Waals surface area contributed by atoms with Crippen molar-refractivity contribution in [2.45, 2.75) is 18.9 Å². The normalized spacial score (nSPS) is 18.6. The van der Waals surface area contributed by atoms with Crippen LogP contribution in [0.1, 0.15) is 29.4 Å². The van der Waals surface area contributed by atoms with Gasteiger partial charge in [-0.2, -0.15) is 0 Å². The van der Waals surface area contributed by atoms with Crippen molar-refractivity contribution in [2.75, 3.05) is 19.7 Å². The molecule has 1 unspecified atom stereocenters. The fraction of sp³-hybridized carbons (Fsp3) is 0.500. The third kappa shape index (κ3) is 2.95. The fourth-order valence-corrected chi connectivity index (χ4v) is 2.21. The monoisotopic (exact) mass is 280 g/mol. The summed E-state index contributed by atoms with van der Waals surface area (Å²) >= 11 is 0. The highest BCUT2D eigenvalue weighted by atomic mass is 16.6. The van der Waals surface area contributed by atoms with E-state index in [1.165, 1.54) is 17.0 Å². The van der Waals surface area contributed by atoms with Gasteiger partial charge >= 0.3 is 12.1 Å². The lowest BCUT2D eigenvalue weighted by Crippen LogP contribution is -2.41. The van der Waals surface area contributed by atoms with Gasteiger partial charge in [-0.1, -0.05) is 17.9 Å². The van der Waals surface area contributed by atoms with E-state index in [0.29, 0.717) is 13.1 Å². The Bertz CT molecular complexity index is 513. The highest BCUT2D eigenvalue weighted by Gasteiger charge is 2.28. The number of hydrogen-bond donors (Lipinski definition) is 1. The van der Waals surface area contributed by atoms with Crippen molar-refractivity contribution in [3.63, 3.8) is 0 Å². The second kappa shape index (κ2) is 6.18. The Morgan fingerprint density at radius 2 is 2.40 bits per heavy atom. The Hall–Kier alpha value is -2.38. The summed E-state index contributed by atoms with van der Waals surface area (Å²) < 4.78 is 6.34. The van der Waals surface area contributed by atoms with Gasteiger partial charge in [-0.25, -0.2) is 14.3 Å². The number of carbonyl (C=O) groups is 2. The van der Waals surface area contributed by atoms with Crippen LogP contribution in [-0.4, -0.2) is 56.8 Å². The number of carboxylic acid groups (broad SMARTS) is 1. The molecule has 1 atom stereocenters. The molecule has 2 heterocycles. The lowest BCUT2D eigenvalue weighted by atomic mass is 10.1. The maximum absolute atomic E-state index is 11.8. The van der Waals surface area contributed by atoms with Crippen LogP contribution < -0.4 is 0 Å². The summed E-state index contributed by atoms with van der Waals surface area (Å²) in [5.41, 5.74) is 0.0244. The summed E-state index contributed by atoms with van der Waals surface area (Å²) in [6.45, 7) is 4.59. The van der Waals surface area contributed by atoms with Crippen LogP contribution in [0.15, 0.2) is 18.9 Å². The molecule has 8 nitrogen and oxygen atoms in total. The molecule has 0 bridgehead atoms. The lowest BCUT2D eigenvalue weighted by molar-refractivity contribution is 0.0669. The Morgan fingerprint density at radius 1 is 1.60 bits per heavy atom. The molecule has 0 saturated carbocycles. The molecule has 1 aliphatic rings. The van der Waals surface area contributed by atoms with Gasteiger partial charge in [0.2, 0.25) is 0 Å². The maximum Gasteiger partial charge on any atom is 0.410 e. The van der Waals surface area contributed by atoms with E-state index >= 15 is 0 Å². The molecule has 1 N–H and O–H groups in total. The third-order valence-electron chi connectivity index (χ3n) is 3.12. The van der Waals surface area contributed by atoms with E-state index in [1.807, 2.05) is 0 Å². The number of carboxylic acids is 1. The number of carbonyl (C=O) groups excluding carboxylic acids is 1. The molecule has 20 heavy (non-hydrogen) atoms. The quantitative estimate of drug-likeness (QED) is 0.824. The number of aromatic nitrogens is 3. The van der Waals surface area contributed by atoms with Crippen LogP contribution in [0.25, 0.3) is 0 Å². The number of aromatic carboxylic acids is 1. The molecule has 0 aliphatic carbocycles. The van der Waals surface area contributed by atoms with Crippen molar-refractivity contribution >= 4 is 12.1 Å². The van der Waals surface area contributed by atoms with Crippen LogP contribution in [-0.2, 0) is 4.74 Å². The fourth-order valence-electron chi connectivity index (χ4n) is 2.21. The number of rotatable bonds is 4. The molecule has 1 saturated heterocycles. The second-order valence-corrected chi connectivity index (χ2v) is 4.48. The van der Waals surface area contributed by atoms with Gasteiger partial charge in [-0.3, -0.25) is 0 Å². The predicted octanol–water partition coefficient (Wildman–Crippen LogP) is 0.936. The smallest absolute Gasteiger partial charge is 0.410 e. The molecule has 1 amide bonds. The molecule has 2 rings (SSSR count). The van der Waals surface area contributed by atoms with Gasteiger partial charge in [0.15, 0.2) is 5.69 Å². The molecule has 1 fully saturated rings. The zero-order chi connectivity index (χ0) is 14.5. The van der Waals surface area contributed by atoms with Gasteiger partial charge in [0, 0.05) is 13.1 Å². The van der Waals surface area contributed by atoms with Gasteiger partial charge < -0.3 is 14.7 Å². The minimum atomic E-state index is -1.08. The van der Waals surface area contributed by atoms with Gasteiger partial charge in [-0.15, -0.1) is 5.10 Å². The second-order valence-electron chi connectivity index (χ2n) is 4.48. The zero-order valence-electron chi connectivity index (χ0n) is 10.9. The molecular formula is C12H16N4O4. The van der Waals surface area contributed by atoms with E-state index in [9.17, 15) is 9.59 Å². The standard InChI is InChI=1S/C12H16N4O4/c1-2-6-20-12(19)15-5-3-4-9(8-15)16-10(11(17)18)7-13-14-16/h2,7,9H,1,3-6,8H2,(H,17,18). The summed E-state index contributed by atoms with van der Waals surface area (Å²) in [5, 5.41) is 16.5. The molecule has 1 aromatic rings. The van der Waals surface area contributed by atoms with Crippen LogP contribution in [0.3, 0.4) is 0 Å². The molecular weight excluding hydrogens is 264 g/mol. The molecule has 0 spiro atoms. The number of piperidine rings is 1. The summed E-state index contributed by atoms with van der Waals surface area (Å²) in [6.07, 6.45) is 3.78. The summed E-state index contributed by atoms with van der Waals surface area (Å²) in [7, 11) is 0. The van der Waals surface area contributed by atoms with Crippen LogP contribution >= 0.6 is 0 Å². The summed E-state index contributed by atoms with van der Waals surface area (Å²) in [4.78, 5) is 24.4. The Labute approximate surface area is 115 Å². The number of likely N-dealkylation sites (tertiary alicyclic amines) is 1. The van der Waals surface area contributed by atoms with Crippen molar-refractivity contribution in [3.8, 4) is 0 Å². The first kappa shape index (κ1) is 14.0. The van der Waals surface area contributed by atoms with Crippen molar-refractivity contribution in [2.24, 2.45) is 0 Å². The van der Waals surface area contributed by atoms with E-state index in [1.54, 1.807) is 4.90 Å². The highest BCUT2D eigenvalue weighted by molar-refractivity contribution is 5.85. The minimum Gasteiger partial charge on any atom is -0.476 e. The van der Waals surface area contributed by atoms with E-state index in [4.69, 9.17) is 9.84 Å². The summed E-state index contributed by atoms with van der Waals surface area (Å²) in [5.74, 6) is -1.08. The Balaban J connectivity index is 2.06. The van der Waals surface area contributed by atoms with Crippen LogP contribution in [0, 0.1) is 0 Å². The average Bonchev–Trinajstić information content (AvgIpc) is 2.94. The van der Waals surface area contributed by atoms with Crippen molar-refractivity contribution < 1.29 is 19.4 Å². The minimum absolute atomic E-state index is 0.0244. The first-order chi connectivity index (χ1) is 9.63. The Morgan fingerprint density at radius 3 is 3.10 bits per heavy atom. The van der Waals surface area contributed by atoms with Gasteiger partial charge in [0.25, 0.3) is 0 Å². The molecule has 8 heteroatoms. The summed E-state index contributed by atoms with van der Waals surface area (Å²) in [6, 6.07) is -0.200. The largest absolute Gasteiger partial charge is 0.476 e. The van der Waals surface area contributed by atoms with E-state index in [0.717, 1.165) is 12.8 Å². The third-order valence-corrected chi connectivity index (χ3v) is 3.12. The molecule has 0 radical (unpaired) electrons. The first-order valence-corrected chi connectivity index (χ1v) is 6.29. The van der Waals surface area contributed by atoms with Gasteiger partial charge in [0.1, 0.15) is 6.61 Å². The van der Waals surface area contributed by atoms with Gasteiger partial charge in [0.05, 0.1) is 12.2 Å². The predicted molar refractivity (Wildman–Crippen MR) is 68.4 cm³/mol. The maximum atomic E-state index is 11.8. The average molecular weight is 280 g/mol. The van der Waals surface area contributed by atoms with Crippen molar-refractivity contribution in [1.82, 2.24) is 19.9 Å². The zero-order valence-corrected chi connectivity index (χ0v) is 10.9. The van der Waals surface area contributed by atoms with Crippen LogP contribution in [0.2, 0.25) is 0 Å². The number of amides is 1. The number of nitrogens with zero attached hydrogens (tertiary/aromatic N) is 4. The molecule has 1 aromatic heterocycles. The highest BCUT2D eigenvalue weighted by Crippen LogP contribution is 2.22. The van der Waals surface area contributed by atoms with E-state index in [-0.39, 0.29) is 18.3 Å². The topological polar surface area (TPSA) is 97.5 Å². The SMILES string of the molecule is C=CCOC(=O)N1CCCC(n2nncc2C(=O)O)C1. The van der Waals surface area contributed by atoms with Crippen molar-refractivity contribution in [3.05, 3.63) is 24.5 Å². The number of ether oxygens (including phenoxy) is 1. The number of hydrogen-bond acceptors (Lipinski definition) is 5.